The molecule has 1 nitrogen and oxygen atoms in total. The molecule has 15 heavy (non-hydrogen) atoms. The van der Waals surface area contributed by atoms with Crippen LogP contribution in [0.25, 0.3) is 12.2 Å². The molecule has 1 heteroatoms. The molecule has 82 valence electrons. The summed E-state index contributed by atoms with van der Waals surface area (Å²) in [4.78, 5) is 0. The summed E-state index contributed by atoms with van der Waals surface area (Å²) in [7, 11) is 0. The van der Waals surface area contributed by atoms with Gasteiger partial charge in [0.05, 0.1) is 5.35 Å². The lowest BCUT2D eigenvalue weighted by atomic mass is 10.1. The van der Waals surface area contributed by atoms with Gasteiger partial charge in [-0.2, -0.15) is 0 Å². The van der Waals surface area contributed by atoms with E-state index in [1.807, 2.05) is 13.8 Å². The van der Waals surface area contributed by atoms with Crippen LogP contribution >= 0.6 is 0 Å². The Labute approximate surface area is 92.4 Å². The van der Waals surface area contributed by atoms with E-state index >= 15 is 0 Å². The number of hydrogen-bond donors (Lipinski definition) is 0. The van der Waals surface area contributed by atoms with Gasteiger partial charge in [0.25, 0.3) is 0 Å². The quantitative estimate of drug-likeness (QED) is 0.660. The summed E-state index contributed by atoms with van der Waals surface area (Å²) in [5.74, 6) is 0. The largest absolute Gasteiger partial charge is 0.347 e. The molecule has 0 N–H and O–H groups in total. The average Bonchev–Trinajstić information content (AvgIpc) is 2.65. The van der Waals surface area contributed by atoms with Crippen LogP contribution in [0.4, 0.5) is 0 Å². The van der Waals surface area contributed by atoms with Gasteiger partial charge in [0.15, 0.2) is 0 Å². The summed E-state index contributed by atoms with van der Waals surface area (Å²) >= 11 is 0. The van der Waals surface area contributed by atoms with E-state index in [1.54, 1.807) is 0 Å². The van der Waals surface area contributed by atoms with Gasteiger partial charge < -0.3 is 4.57 Å². The number of nitrogens with zero attached hydrogens (tertiary/aromatic N) is 1. The lowest BCUT2D eigenvalue weighted by Gasteiger charge is -2.12. The molecule has 0 bridgehead atoms. The van der Waals surface area contributed by atoms with E-state index in [0.29, 0.717) is 0 Å². The smallest absolute Gasteiger partial charge is 0.0506 e. The van der Waals surface area contributed by atoms with Crippen molar-refractivity contribution in [1.29, 1.82) is 0 Å². The predicted molar refractivity (Wildman–Crippen MR) is 68.0 cm³/mol. The molecule has 0 saturated carbocycles. The Morgan fingerprint density at radius 1 is 1.40 bits per heavy atom. The third kappa shape index (κ3) is 2.41. The van der Waals surface area contributed by atoms with Gasteiger partial charge in [-0.3, -0.25) is 0 Å². The molecule has 1 aromatic heterocycles. The first-order valence-corrected chi connectivity index (χ1v) is 5.83. The zero-order chi connectivity index (χ0) is 11.3. The minimum atomic E-state index is 1.14. The summed E-state index contributed by atoms with van der Waals surface area (Å²) in [6, 6.07) is 2.10. The number of allylic oxidation sites excluding steroid dienone is 2. The second-order valence-electron chi connectivity index (χ2n) is 3.51. The minimum Gasteiger partial charge on any atom is -0.347 e. The number of aryl methyl sites for hydroxylation is 1. The van der Waals surface area contributed by atoms with Crippen LogP contribution < -0.4 is 10.6 Å². The number of aromatic nitrogens is 1. The molecule has 0 saturated heterocycles. The van der Waals surface area contributed by atoms with Crippen molar-refractivity contribution in [3.63, 3.8) is 0 Å². The van der Waals surface area contributed by atoms with Crippen molar-refractivity contribution >= 4 is 12.2 Å². The molecule has 0 spiro atoms. The molecule has 1 aliphatic rings. The van der Waals surface area contributed by atoms with Crippen molar-refractivity contribution in [2.45, 2.75) is 40.2 Å². The van der Waals surface area contributed by atoms with Crippen LogP contribution in [0.5, 0.6) is 0 Å². The second kappa shape index (κ2) is 5.59. The highest BCUT2D eigenvalue weighted by Gasteiger charge is 2.06. The first kappa shape index (κ1) is 11.8. The fourth-order valence-corrected chi connectivity index (χ4v) is 2.02. The van der Waals surface area contributed by atoms with Gasteiger partial charge in [0, 0.05) is 12.7 Å². The van der Waals surface area contributed by atoms with Crippen LogP contribution in [0.1, 0.15) is 33.6 Å². The molecular weight excluding hydrogens is 182 g/mol. The lowest BCUT2D eigenvalue weighted by Crippen LogP contribution is -2.33. The SMILES string of the molecule is C=c1ccn2c1=C(/C=C\C)CCC2.CC. The van der Waals surface area contributed by atoms with Gasteiger partial charge in [-0.05, 0) is 36.6 Å². The standard InChI is InChI=1S/C12H15N.C2H6/c1-3-5-11-6-4-8-13-9-7-10(2)12(11)13;1-2/h3,5,7,9H,2,4,6,8H2,1H3;1-2H3/b5-3-;. The fraction of sp³-hybridized carbons (Fsp3) is 0.429. The molecular formula is C14H21N. The zero-order valence-electron chi connectivity index (χ0n) is 10.1. The van der Waals surface area contributed by atoms with Gasteiger partial charge in [-0.25, -0.2) is 0 Å². The van der Waals surface area contributed by atoms with Crippen LogP contribution in [-0.2, 0) is 6.54 Å². The van der Waals surface area contributed by atoms with Gasteiger partial charge in [0.1, 0.15) is 0 Å². The van der Waals surface area contributed by atoms with Crippen LogP contribution in [0.2, 0.25) is 0 Å². The van der Waals surface area contributed by atoms with Crippen LogP contribution in [0, 0.1) is 0 Å². The highest BCUT2D eigenvalue weighted by molar-refractivity contribution is 5.56. The van der Waals surface area contributed by atoms with Crippen molar-refractivity contribution in [2.24, 2.45) is 0 Å². The minimum absolute atomic E-state index is 1.14. The summed E-state index contributed by atoms with van der Waals surface area (Å²) < 4.78 is 2.31. The predicted octanol–water partition coefficient (Wildman–Crippen LogP) is 2.45. The monoisotopic (exact) mass is 203 g/mol. The second-order valence-corrected chi connectivity index (χ2v) is 3.51. The first-order chi connectivity index (χ1) is 7.33. The maximum Gasteiger partial charge on any atom is 0.0506 e. The summed E-state index contributed by atoms with van der Waals surface area (Å²) in [6.07, 6.45) is 8.90. The fourth-order valence-electron chi connectivity index (χ4n) is 2.02. The topological polar surface area (TPSA) is 4.93 Å². The Morgan fingerprint density at radius 3 is 2.80 bits per heavy atom. The lowest BCUT2D eigenvalue weighted by molar-refractivity contribution is 0.615. The van der Waals surface area contributed by atoms with E-state index in [2.05, 4.69) is 42.5 Å². The van der Waals surface area contributed by atoms with Gasteiger partial charge in [0.2, 0.25) is 0 Å². The van der Waals surface area contributed by atoms with E-state index in [1.165, 1.54) is 23.8 Å². The van der Waals surface area contributed by atoms with Gasteiger partial charge >= 0.3 is 0 Å². The maximum absolute atomic E-state index is 4.05. The number of rotatable bonds is 1. The van der Waals surface area contributed by atoms with Crippen molar-refractivity contribution in [2.75, 3.05) is 0 Å². The molecule has 2 rings (SSSR count). The Hall–Kier alpha value is -1.24. The van der Waals surface area contributed by atoms with Crippen LogP contribution in [0.15, 0.2) is 24.4 Å². The van der Waals surface area contributed by atoms with Crippen LogP contribution in [0.3, 0.4) is 0 Å². The Bertz CT molecular complexity index is 434. The summed E-state index contributed by atoms with van der Waals surface area (Å²) in [5.41, 5.74) is 1.43. The zero-order valence-corrected chi connectivity index (χ0v) is 10.1. The van der Waals surface area contributed by atoms with E-state index in [0.717, 1.165) is 11.8 Å². The molecule has 0 atom stereocenters. The normalized spacial score (nSPS) is 14.7. The van der Waals surface area contributed by atoms with E-state index in [-0.39, 0.29) is 0 Å². The molecule has 2 heterocycles. The Kier molecular flexibility index (Phi) is 4.41. The van der Waals surface area contributed by atoms with Crippen molar-refractivity contribution in [3.8, 4) is 0 Å². The number of hydrogen-bond acceptors (Lipinski definition) is 0. The molecule has 1 aromatic rings. The highest BCUT2D eigenvalue weighted by atomic mass is 15.0. The molecule has 1 aliphatic heterocycles. The summed E-state index contributed by atoms with van der Waals surface area (Å²) in [5, 5.41) is 2.50. The molecule has 0 amide bonds. The highest BCUT2D eigenvalue weighted by Crippen LogP contribution is 2.10. The van der Waals surface area contributed by atoms with E-state index in [4.69, 9.17) is 0 Å². The molecule has 0 fully saturated rings. The van der Waals surface area contributed by atoms with Gasteiger partial charge in [-0.1, -0.05) is 32.6 Å². The maximum atomic E-state index is 4.05. The molecule has 0 radical (unpaired) electrons. The van der Waals surface area contributed by atoms with E-state index < -0.39 is 0 Å². The first-order valence-electron chi connectivity index (χ1n) is 5.83. The number of fused-ring (bicyclic) bond motifs is 1. The van der Waals surface area contributed by atoms with Gasteiger partial charge in [-0.15, -0.1) is 0 Å². The van der Waals surface area contributed by atoms with Crippen molar-refractivity contribution in [1.82, 2.24) is 4.57 Å². The third-order valence-electron chi connectivity index (χ3n) is 2.56. The molecule has 0 aromatic carbocycles. The molecule has 0 aliphatic carbocycles. The molecule has 0 unspecified atom stereocenters. The third-order valence-corrected chi connectivity index (χ3v) is 2.56. The average molecular weight is 203 g/mol. The van der Waals surface area contributed by atoms with Crippen molar-refractivity contribution in [3.05, 3.63) is 35.0 Å². The summed E-state index contributed by atoms with van der Waals surface area (Å²) in [6.45, 7) is 11.3. The van der Waals surface area contributed by atoms with Crippen molar-refractivity contribution < 1.29 is 0 Å². The van der Waals surface area contributed by atoms with Crippen LogP contribution in [-0.4, -0.2) is 4.57 Å². The van der Waals surface area contributed by atoms with E-state index in [9.17, 15) is 0 Å². The Balaban J connectivity index is 0.000000531. The Morgan fingerprint density at radius 2 is 2.13 bits per heavy atom.